The Morgan fingerprint density at radius 3 is 2.56 bits per heavy atom. The molecular weight excluding hydrogens is 402 g/mol. The number of fused-ring (bicyclic) bond motifs is 1. The average Bonchev–Trinajstić information content (AvgIpc) is 3.26. The van der Waals surface area contributed by atoms with E-state index in [1.807, 2.05) is 29.2 Å². The van der Waals surface area contributed by atoms with Crippen LogP contribution in [0.4, 0.5) is 4.79 Å². The average molecular weight is 434 g/mol. The summed E-state index contributed by atoms with van der Waals surface area (Å²) < 4.78 is 10.8. The van der Waals surface area contributed by atoms with Gasteiger partial charge in [-0.05, 0) is 41.7 Å². The second kappa shape index (κ2) is 9.39. The van der Waals surface area contributed by atoms with Crippen molar-refractivity contribution in [3.8, 4) is 11.5 Å². The first-order valence-corrected chi connectivity index (χ1v) is 11.0. The molecule has 1 aromatic heterocycles. The van der Waals surface area contributed by atoms with Crippen LogP contribution in [0.2, 0.25) is 0 Å². The van der Waals surface area contributed by atoms with Gasteiger partial charge in [0.1, 0.15) is 0 Å². The van der Waals surface area contributed by atoms with Gasteiger partial charge in [0.05, 0.1) is 20.3 Å². The van der Waals surface area contributed by atoms with Gasteiger partial charge in [0.2, 0.25) is 0 Å². The first-order chi connectivity index (χ1) is 15.5. The van der Waals surface area contributed by atoms with Crippen molar-refractivity contribution >= 4 is 22.5 Å². The molecule has 1 atom stereocenters. The Kier molecular flexibility index (Phi) is 6.40. The van der Waals surface area contributed by atoms with Crippen molar-refractivity contribution < 1.29 is 14.3 Å². The zero-order chi connectivity index (χ0) is 22.7. The number of carbonyl (C=O) groups excluding carboxylic acids is 1. The predicted molar refractivity (Wildman–Crippen MR) is 128 cm³/mol. The number of urea groups is 1. The van der Waals surface area contributed by atoms with E-state index in [1.165, 1.54) is 16.5 Å². The minimum Gasteiger partial charge on any atom is -0.493 e. The number of nitrogens with one attached hydrogen (secondary N) is 2. The second-order valence-electron chi connectivity index (χ2n) is 8.46. The summed E-state index contributed by atoms with van der Waals surface area (Å²) in [5.74, 6) is 1.56. The summed E-state index contributed by atoms with van der Waals surface area (Å²) >= 11 is 0. The number of amides is 2. The van der Waals surface area contributed by atoms with Gasteiger partial charge in [-0.2, -0.15) is 0 Å². The number of carbonyl (C=O) groups is 1. The van der Waals surface area contributed by atoms with Gasteiger partial charge in [0, 0.05) is 35.8 Å². The SMILES string of the molecule is COc1ccc([C@@H](NC(=O)N2CC=C(c3c[nH]c4ccccc34)CC2)C(C)C)cc1OC. The second-order valence-corrected chi connectivity index (χ2v) is 8.46. The van der Waals surface area contributed by atoms with Crippen LogP contribution >= 0.6 is 0 Å². The molecule has 0 saturated carbocycles. The largest absolute Gasteiger partial charge is 0.493 e. The van der Waals surface area contributed by atoms with Crippen molar-refractivity contribution in [3.05, 3.63) is 65.9 Å². The highest BCUT2D eigenvalue weighted by atomic mass is 16.5. The van der Waals surface area contributed by atoms with Crippen LogP contribution in [0.5, 0.6) is 11.5 Å². The monoisotopic (exact) mass is 433 g/mol. The number of aromatic nitrogens is 1. The Morgan fingerprint density at radius 2 is 1.88 bits per heavy atom. The van der Waals surface area contributed by atoms with Crippen LogP contribution in [0.1, 0.15) is 37.4 Å². The Labute approximate surface area is 189 Å². The molecule has 0 unspecified atom stereocenters. The van der Waals surface area contributed by atoms with Crippen molar-refractivity contribution in [1.82, 2.24) is 15.2 Å². The number of ether oxygens (including phenoxy) is 2. The van der Waals surface area contributed by atoms with Gasteiger partial charge in [-0.25, -0.2) is 4.79 Å². The maximum atomic E-state index is 13.1. The molecule has 2 amide bonds. The number of para-hydroxylation sites is 1. The molecular formula is C26H31N3O3. The van der Waals surface area contributed by atoms with E-state index in [0.29, 0.717) is 24.6 Å². The maximum absolute atomic E-state index is 13.1. The van der Waals surface area contributed by atoms with Gasteiger partial charge in [0.25, 0.3) is 0 Å². The molecule has 2 N–H and O–H groups in total. The quantitative estimate of drug-likeness (QED) is 0.548. The third kappa shape index (κ3) is 4.31. The number of H-pyrrole nitrogens is 1. The van der Waals surface area contributed by atoms with Crippen molar-refractivity contribution in [1.29, 1.82) is 0 Å². The van der Waals surface area contributed by atoms with Gasteiger partial charge in [0.15, 0.2) is 11.5 Å². The van der Waals surface area contributed by atoms with E-state index in [-0.39, 0.29) is 18.0 Å². The maximum Gasteiger partial charge on any atom is 0.318 e. The number of nitrogens with zero attached hydrogens (tertiary/aromatic N) is 1. The third-order valence-electron chi connectivity index (χ3n) is 6.14. The molecule has 2 aromatic carbocycles. The molecule has 6 nitrogen and oxygen atoms in total. The van der Waals surface area contributed by atoms with Crippen molar-refractivity contribution in [2.24, 2.45) is 5.92 Å². The molecule has 0 spiro atoms. The summed E-state index contributed by atoms with van der Waals surface area (Å²) in [6, 6.07) is 13.9. The van der Waals surface area contributed by atoms with Crippen molar-refractivity contribution in [2.75, 3.05) is 27.3 Å². The molecule has 0 radical (unpaired) electrons. The molecule has 6 heteroatoms. The number of aromatic amines is 1. The number of hydrogen-bond donors (Lipinski definition) is 2. The first kappa shape index (κ1) is 21.8. The number of methoxy groups -OCH3 is 2. The fourth-order valence-corrected chi connectivity index (χ4v) is 4.34. The molecule has 3 aromatic rings. The molecule has 2 heterocycles. The van der Waals surface area contributed by atoms with Gasteiger partial charge >= 0.3 is 6.03 Å². The fraction of sp³-hybridized carbons (Fsp3) is 0.346. The highest BCUT2D eigenvalue weighted by Crippen LogP contribution is 2.33. The molecule has 1 aliphatic rings. The summed E-state index contributed by atoms with van der Waals surface area (Å²) in [7, 11) is 3.24. The molecule has 0 aliphatic carbocycles. The minimum absolute atomic E-state index is 0.0484. The van der Waals surface area contributed by atoms with Crippen LogP contribution in [0.3, 0.4) is 0 Å². The summed E-state index contributed by atoms with van der Waals surface area (Å²) in [6.45, 7) is 5.49. The highest BCUT2D eigenvalue weighted by molar-refractivity contribution is 5.93. The van der Waals surface area contributed by atoms with E-state index in [9.17, 15) is 4.79 Å². The van der Waals surface area contributed by atoms with E-state index in [2.05, 4.69) is 54.6 Å². The van der Waals surface area contributed by atoms with Crippen LogP contribution in [0.15, 0.2) is 54.7 Å². The smallest absolute Gasteiger partial charge is 0.318 e. The van der Waals surface area contributed by atoms with Crippen LogP contribution in [0.25, 0.3) is 16.5 Å². The summed E-state index contributed by atoms with van der Waals surface area (Å²) in [5, 5.41) is 4.45. The van der Waals surface area contributed by atoms with Gasteiger partial charge in [-0.15, -0.1) is 0 Å². The molecule has 0 saturated heterocycles. The lowest BCUT2D eigenvalue weighted by molar-refractivity contribution is 0.195. The molecule has 1 aliphatic heterocycles. The topological polar surface area (TPSA) is 66.6 Å². The zero-order valence-corrected chi connectivity index (χ0v) is 19.1. The summed E-state index contributed by atoms with van der Waals surface area (Å²) in [4.78, 5) is 18.3. The zero-order valence-electron chi connectivity index (χ0n) is 19.1. The number of rotatable bonds is 6. The van der Waals surface area contributed by atoms with E-state index < -0.39 is 0 Å². The molecule has 32 heavy (non-hydrogen) atoms. The van der Waals surface area contributed by atoms with Crippen LogP contribution < -0.4 is 14.8 Å². The Hall–Kier alpha value is -3.41. The van der Waals surface area contributed by atoms with Crippen molar-refractivity contribution in [2.45, 2.75) is 26.3 Å². The molecule has 0 bridgehead atoms. The minimum atomic E-state index is -0.124. The number of hydrogen-bond acceptors (Lipinski definition) is 3. The summed E-state index contributed by atoms with van der Waals surface area (Å²) in [5.41, 5.74) is 4.65. The lowest BCUT2D eigenvalue weighted by atomic mass is 9.95. The van der Waals surface area contributed by atoms with Crippen LogP contribution in [-0.2, 0) is 0 Å². The molecule has 4 rings (SSSR count). The third-order valence-corrected chi connectivity index (χ3v) is 6.14. The van der Waals surface area contributed by atoms with Gasteiger partial charge in [-0.3, -0.25) is 0 Å². The lowest BCUT2D eigenvalue weighted by Gasteiger charge is -2.31. The van der Waals surface area contributed by atoms with E-state index in [1.54, 1.807) is 14.2 Å². The van der Waals surface area contributed by atoms with E-state index in [0.717, 1.165) is 17.5 Å². The summed E-state index contributed by atoms with van der Waals surface area (Å²) in [6.07, 6.45) is 5.07. The predicted octanol–water partition coefficient (Wildman–Crippen LogP) is 5.38. The van der Waals surface area contributed by atoms with Crippen molar-refractivity contribution in [3.63, 3.8) is 0 Å². The van der Waals surface area contributed by atoms with E-state index >= 15 is 0 Å². The van der Waals surface area contributed by atoms with Crippen LogP contribution in [0, 0.1) is 5.92 Å². The fourth-order valence-electron chi connectivity index (χ4n) is 4.34. The van der Waals surface area contributed by atoms with Crippen LogP contribution in [-0.4, -0.2) is 43.2 Å². The Morgan fingerprint density at radius 1 is 1.09 bits per heavy atom. The van der Waals surface area contributed by atoms with Gasteiger partial charge < -0.3 is 24.7 Å². The van der Waals surface area contributed by atoms with Gasteiger partial charge in [-0.1, -0.05) is 44.2 Å². The lowest BCUT2D eigenvalue weighted by Crippen LogP contribution is -2.44. The standard InChI is InChI=1S/C26H31N3O3/c1-17(2)25(19-9-10-23(31-3)24(15-19)32-4)28-26(30)29-13-11-18(12-14-29)21-16-27-22-8-6-5-7-20(21)22/h5-11,15-17,25,27H,12-14H2,1-4H3,(H,28,30)/t25-/m0/s1. The number of benzene rings is 2. The van der Waals surface area contributed by atoms with E-state index in [4.69, 9.17) is 9.47 Å². The normalized spacial score (nSPS) is 14.9. The highest BCUT2D eigenvalue weighted by Gasteiger charge is 2.25. The molecule has 168 valence electrons. The Bertz CT molecular complexity index is 1130. The first-order valence-electron chi connectivity index (χ1n) is 11.0. The molecule has 0 fully saturated rings. The Balaban J connectivity index is 1.47.